The van der Waals surface area contributed by atoms with Gasteiger partial charge < -0.3 is 33.3 Å². The Morgan fingerprint density at radius 2 is 0.514 bits per heavy atom. The molecule has 2 atom stereocenters. The zero-order valence-electron chi connectivity index (χ0n) is 69.8. The van der Waals surface area contributed by atoms with E-state index in [0.717, 1.165) is 89.9 Å². The fourth-order valence-electron chi connectivity index (χ4n) is 13.3. The van der Waals surface area contributed by atoms with E-state index in [1.54, 1.807) is 0 Å². The lowest BCUT2D eigenvalue weighted by Gasteiger charge is -2.26. The van der Waals surface area contributed by atoms with Gasteiger partial charge in [-0.05, 0) is 96.3 Å². The summed E-state index contributed by atoms with van der Waals surface area (Å²) in [6, 6.07) is 0. The molecule has 0 amide bonds. The third kappa shape index (κ3) is 87.1. The van der Waals surface area contributed by atoms with Crippen LogP contribution >= 0.6 is 0 Å². The van der Waals surface area contributed by atoms with Crippen LogP contribution in [0.4, 0.5) is 0 Å². The SMILES string of the molecule is CC/C=C\C/C=C\C/C=C\C/C=C\C/C=C\CCCCCCCCCCCCCCCCCCCCCCCCCC(=O)OC(COC(=O)CCCCCCCCCCCCCCCCCCCCCCCCCCCCCC/C=C\C/C=C\C/C=C\C/C=C\CC)COC(OCC[N+](C)(C)C)C(=O)[O-]. The Morgan fingerprint density at radius 3 is 0.762 bits per heavy atom. The zero-order valence-corrected chi connectivity index (χ0v) is 69.8. The van der Waals surface area contributed by atoms with Crippen LogP contribution in [0.5, 0.6) is 0 Å². The molecule has 0 bridgehead atoms. The number of carbonyl (C=O) groups excluding carboxylic acids is 3. The third-order valence-corrected chi connectivity index (χ3v) is 20.0. The lowest BCUT2D eigenvalue weighted by Crippen LogP contribution is -2.44. The fourth-order valence-corrected chi connectivity index (χ4v) is 13.3. The highest BCUT2D eigenvalue weighted by atomic mass is 16.7. The Balaban J connectivity index is 3.90. The molecule has 0 aliphatic heterocycles. The van der Waals surface area contributed by atoms with E-state index in [1.165, 1.54) is 302 Å². The van der Waals surface area contributed by atoms with Crippen molar-refractivity contribution < 1.29 is 42.9 Å². The molecule has 105 heavy (non-hydrogen) atoms. The maximum Gasteiger partial charge on any atom is 0.306 e. The lowest BCUT2D eigenvalue weighted by atomic mass is 10.0. The molecule has 0 saturated carbocycles. The number of hydrogen-bond acceptors (Lipinski definition) is 8. The number of allylic oxidation sites excluding steroid dienone is 18. The van der Waals surface area contributed by atoms with E-state index in [2.05, 4.69) is 123 Å². The molecule has 608 valence electrons. The molecule has 0 aromatic rings. The highest BCUT2D eigenvalue weighted by Crippen LogP contribution is 2.20. The minimum Gasteiger partial charge on any atom is -0.545 e. The number of carboxylic acid groups (broad SMARTS) is 1. The molecule has 0 fully saturated rings. The van der Waals surface area contributed by atoms with Crippen molar-refractivity contribution in [2.24, 2.45) is 0 Å². The molecule has 0 rings (SSSR count). The second-order valence-corrected chi connectivity index (χ2v) is 31.5. The average molecular weight is 1470 g/mol. The Labute approximate surface area is 651 Å². The van der Waals surface area contributed by atoms with Crippen molar-refractivity contribution in [3.8, 4) is 0 Å². The second kappa shape index (κ2) is 85.6. The number of ether oxygens (including phenoxy) is 4. The van der Waals surface area contributed by atoms with E-state index >= 15 is 0 Å². The van der Waals surface area contributed by atoms with Gasteiger partial charge in [-0.3, -0.25) is 9.59 Å². The van der Waals surface area contributed by atoms with Crippen LogP contribution in [0.2, 0.25) is 0 Å². The number of hydrogen-bond donors (Lipinski definition) is 0. The highest BCUT2D eigenvalue weighted by Gasteiger charge is 2.22. The van der Waals surface area contributed by atoms with Gasteiger partial charge in [0.05, 0.1) is 40.3 Å². The van der Waals surface area contributed by atoms with Gasteiger partial charge in [-0.2, -0.15) is 0 Å². The summed E-state index contributed by atoms with van der Waals surface area (Å²) in [7, 11) is 5.95. The molecule has 0 aromatic heterocycles. The topological polar surface area (TPSA) is 111 Å². The van der Waals surface area contributed by atoms with Crippen LogP contribution < -0.4 is 5.11 Å². The van der Waals surface area contributed by atoms with Crippen molar-refractivity contribution >= 4 is 17.9 Å². The van der Waals surface area contributed by atoms with Crippen molar-refractivity contribution in [2.45, 2.75) is 437 Å². The van der Waals surface area contributed by atoms with Crippen molar-refractivity contribution in [3.05, 3.63) is 109 Å². The van der Waals surface area contributed by atoms with Crippen molar-refractivity contribution in [1.29, 1.82) is 0 Å². The molecule has 0 aromatic carbocycles. The molecule has 0 spiro atoms. The summed E-state index contributed by atoms with van der Waals surface area (Å²) in [5.41, 5.74) is 0. The number of aliphatic carboxylic acids is 1. The summed E-state index contributed by atoms with van der Waals surface area (Å²) in [5.74, 6) is -2.25. The standard InChI is InChI=1S/C96H171NO8/c1-6-8-10-12-14-16-18-20-22-24-26-28-30-32-34-36-38-40-42-44-46-47-49-50-52-54-56-58-60-62-64-66-68-70-72-74-76-78-80-82-84-86-93(98)103-90-92(91-104-96(95(100)101)102-89-88-97(3,4)5)105-94(99)87-85-83-81-79-77-75-73-71-69-67-65-63-61-59-57-55-53-51-48-45-43-41-39-37-35-33-31-29-27-25-23-21-19-17-15-13-11-9-7-2/h8-11,14-17,20-23,26-29,33,35,92,96H,6-7,12-13,18-19,24-25,30-32,34,36-91H2,1-5H3/b10-8-,11-9-,16-14-,17-15-,22-20-,23-21-,28-26-,29-27-,35-33-. The first kappa shape index (κ1) is 101. The zero-order chi connectivity index (χ0) is 76.0. The van der Waals surface area contributed by atoms with Crippen LogP contribution in [0.25, 0.3) is 0 Å². The summed E-state index contributed by atoms with van der Waals surface area (Å²) in [6.45, 7) is 4.59. The lowest BCUT2D eigenvalue weighted by molar-refractivity contribution is -0.870. The Hall–Kier alpha value is -4.05. The van der Waals surface area contributed by atoms with Gasteiger partial charge in [-0.15, -0.1) is 0 Å². The highest BCUT2D eigenvalue weighted by molar-refractivity contribution is 5.70. The fraction of sp³-hybridized carbons (Fsp3) is 0.781. The number of nitrogens with zero attached hydrogens (tertiary/aromatic N) is 1. The number of unbranched alkanes of at least 4 members (excludes halogenated alkanes) is 51. The molecule has 0 heterocycles. The molecule has 0 radical (unpaired) electrons. The number of quaternary nitrogens is 1. The van der Waals surface area contributed by atoms with Gasteiger partial charge in [0.25, 0.3) is 0 Å². The number of carboxylic acids is 1. The van der Waals surface area contributed by atoms with Gasteiger partial charge in [0.2, 0.25) is 0 Å². The molecule has 0 aliphatic rings. The Kier molecular flexibility index (Phi) is 82.3. The number of carbonyl (C=O) groups is 3. The molecular formula is C96H171NO8. The Bertz CT molecular complexity index is 2110. The van der Waals surface area contributed by atoms with Gasteiger partial charge in [0.1, 0.15) is 13.2 Å². The smallest absolute Gasteiger partial charge is 0.306 e. The Morgan fingerprint density at radius 1 is 0.286 bits per heavy atom. The van der Waals surface area contributed by atoms with E-state index in [9.17, 15) is 19.5 Å². The monoisotopic (exact) mass is 1470 g/mol. The summed E-state index contributed by atoms with van der Waals surface area (Å²) in [6.07, 6.45) is 118. The molecule has 0 aliphatic carbocycles. The van der Waals surface area contributed by atoms with E-state index in [0.29, 0.717) is 23.9 Å². The van der Waals surface area contributed by atoms with E-state index < -0.39 is 24.3 Å². The average Bonchev–Trinajstić information content (AvgIpc) is 1.97. The van der Waals surface area contributed by atoms with Gasteiger partial charge in [0, 0.05) is 12.8 Å². The van der Waals surface area contributed by atoms with Crippen molar-refractivity contribution in [2.75, 3.05) is 47.5 Å². The number of esters is 2. The largest absolute Gasteiger partial charge is 0.545 e. The van der Waals surface area contributed by atoms with Gasteiger partial charge in [0.15, 0.2) is 12.4 Å². The van der Waals surface area contributed by atoms with Crippen molar-refractivity contribution in [1.82, 2.24) is 0 Å². The third-order valence-electron chi connectivity index (χ3n) is 20.0. The molecule has 2 unspecified atom stereocenters. The van der Waals surface area contributed by atoms with Gasteiger partial charge in [-0.25, -0.2) is 0 Å². The molecule has 9 heteroatoms. The van der Waals surface area contributed by atoms with Crippen molar-refractivity contribution in [3.63, 3.8) is 0 Å². The molecular weight excluding hydrogens is 1300 g/mol. The minimum atomic E-state index is -1.62. The maximum absolute atomic E-state index is 13.0. The number of rotatable bonds is 84. The van der Waals surface area contributed by atoms with Gasteiger partial charge >= 0.3 is 11.9 Å². The normalized spacial score (nSPS) is 13.1. The van der Waals surface area contributed by atoms with Crippen LogP contribution in [0.3, 0.4) is 0 Å². The molecule has 0 N–H and O–H groups in total. The van der Waals surface area contributed by atoms with Crippen LogP contribution in [0.1, 0.15) is 425 Å². The van der Waals surface area contributed by atoms with E-state index in [1.807, 2.05) is 21.1 Å². The summed E-state index contributed by atoms with van der Waals surface area (Å²) >= 11 is 0. The first-order valence-corrected chi connectivity index (χ1v) is 45.0. The first-order chi connectivity index (χ1) is 51.6. The summed E-state index contributed by atoms with van der Waals surface area (Å²) < 4.78 is 22.9. The minimum absolute atomic E-state index is 0.149. The van der Waals surface area contributed by atoms with E-state index in [-0.39, 0.29) is 32.2 Å². The number of likely N-dealkylation sites (N-methyl/N-ethyl adjacent to an activating group) is 1. The van der Waals surface area contributed by atoms with Crippen LogP contribution in [-0.2, 0) is 33.3 Å². The maximum atomic E-state index is 13.0. The first-order valence-electron chi connectivity index (χ1n) is 45.0. The van der Waals surface area contributed by atoms with Crippen LogP contribution in [0.15, 0.2) is 109 Å². The van der Waals surface area contributed by atoms with Crippen LogP contribution in [-0.4, -0.2) is 82.3 Å². The predicted molar refractivity (Wildman–Crippen MR) is 454 cm³/mol. The molecule has 9 nitrogen and oxygen atoms in total. The van der Waals surface area contributed by atoms with Crippen LogP contribution in [0, 0.1) is 0 Å². The predicted octanol–water partition coefficient (Wildman–Crippen LogP) is 28.3. The van der Waals surface area contributed by atoms with E-state index in [4.69, 9.17) is 18.9 Å². The summed E-state index contributed by atoms with van der Waals surface area (Å²) in [5, 5.41) is 11.9. The van der Waals surface area contributed by atoms with Gasteiger partial charge in [-0.1, -0.05) is 425 Å². The quantitative estimate of drug-likeness (QED) is 0.0195. The second-order valence-electron chi connectivity index (χ2n) is 31.5. The molecule has 0 saturated heterocycles. The summed E-state index contributed by atoms with van der Waals surface area (Å²) in [4.78, 5) is 37.7.